The Kier molecular flexibility index (Phi) is 5.01. The number of fused-ring (bicyclic) bond motifs is 1. The van der Waals surface area contributed by atoms with Crippen LogP contribution in [0, 0.1) is 0 Å². The first-order chi connectivity index (χ1) is 13.6. The normalized spacial score (nSPS) is 13.9. The van der Waals surface area contributed by atoms with Gasteiger partial charge in [0.2, 0.25) is 0 Å². The number of alkyl halides is 3. The van der Waals surface area contributed by atoms with E-state index in [1.807, 2.05) is 0 Å². The molecule has 1 amide bonds. The Balaban J connectivity index is 1.89. The Morgan fingerprint density at radius 1 is 1.00 bits per heavy atom. The molecular weight excluding hydrogens is 450 g/mol. The molecule has 0 radical (unpaired) electrons. The number of nitrogens with zero attached hydrogens (tertiary/aromatic N) is 3. The van der Waals surface area contributed by atoms with Crippen LogP contribution in [0.3, 0.4) is 0 Å². The highest BCUT2D eigenvalue weighted by Crippen LogP contribution is 2.37. The number of imidazole rings is 1. The average molecular weight is 461 g/mol. The van der Waals surface area contributed by atoms with Gasteiger partial charge in [-0.1, -0.05) is 34.8 Å². The number of carbonyl (C=O) groups excluding carboxylic acids is 1. The molecule has 10 heteroatoms. The van der Waals surface area contributed by atoms with Crippen molar-refractivity contribution in [3.05, 3.63) is 68.9 Å². The highest BCUT2D eigenvalue weighted by molar-refractivity contribution is 6.36. The molecule has 4 nitrogen and oxygen atoms in total. The van der Waals surface area contributed by atoms with Crippen molar-refractivity contribution in [2.45, 2.75) is 12.7 Å². The van der Waals surface area contributed by atoms with E-state index < -0.39 is 18.6 Å². The minimum absolute atomic E-state index is 0.0672. The molecule has 1 aromatic heterocycles. The van der Waals surface area contributed by atoms with Crippen molar-refractivity contribution in [1.29, 1.82) is 0 Å². The van der Waals surface area contributed by atoms with Crippen molar-refractivity contribution in [2.75, 3.05) is 6.54 Å². The van der Waals surface area contributed by atoms with Gasteiger partial charge in [0.25, 0.3) is 5.91 Å². The van der Waals surface area contributed by atoms with E-state index in [-0.39, 0.29) is 17.9 Å². The summed E-state index contributed by atoms with van der Waals surface area (Å²) >= 11 is 18.2. The third kappa shape index (κ3) is 3.82. The van der Waals surface area contributed by atoms with Gasteiger partial charge in [0.1, 0.15) is 18.1 Å². The van der Waals surface area contributed by atoms with Crippen LogP contribution in [0.15, 0.2) is 42.5 Å². The number of amides is 1. The van der Waals surface area contributed by atoms with Crippen molar-refractivity contribution < 1.29 is 18.0 Å². The lowest BCUT2D eigenvalue weighted by Gasteiger charge is -2.19. The molecule has 4 rings (SSSR count). The zero-order valence-corrected chi connectivity index (χ0v) is 16.7. The second-order valence-electron chi connectivity index (χ2n) is 6.44. The number of rotatable bonds is 3. The fourth-order valence-corrected chi connectivity index (χ4v) is 3.85. The maximum absolute atomic E-state index is 12.8. The van der Waals surface area contributed by atoms with E-state index in [2.05, 4.69) is 4.98 Å². The van der Waals surface area contributed by atoms with E-state index in [1.54, 1.807) is 36.4 Å². The van der Waals surface area contributed by atoms with Gasteiger partial charge in [0.05, 0.1) is 17.3 Å². The van der Waals surface area contributed by atoms with Crippen LogP contribution in [-0.2, 0) is 6.54 Å². The van der Waals surface area contributed by atoms with Gasteiger partial charge in [-0.25, -0.2) is 4.98 Å². The molecular formula is C19H11Cl3F3N3O. The van der Waals surface area contributed by atoms with Gasteiger partial charge in [0.15, 0.2) is 0 Å². The fourth-order valence-electron chi connectivity index (χ4n) is 3.23. The van der Waals surface area contributed by atoms with E-state index in [0.717, 1.165) is 4.90 Å². The van der Waals surface area contributed by atoms with Crippen LogP contribution in [0.1, 0.15) is 16.2 Å². The molecule has 0 spiro atoms. The first-order valence-corrected chi connectivity index (χ1v) is 9.46. The van der Waals surface area contributed by atoms with Crippen LogP contribution in [0.4, 0.5) is 13.2 Å². The van der Waals surface area contributed by atoms with Crippen LogP contribution in [-0.4, -0.2) is 33.1 Å². The van der Waals surface area contributed by atoms with Crippen molar-refractivity contribution >= 4 is 40.7 Å². The molecule has 1 aliphatic heterocycles. The van der Waals surface area contributed by atoms with Crippen molar-refractivity contribution in [1.82, 2.24) is 14.5 Å². The molecule has 150 valence electrons. The molecule has 0 fully saturated rings. The molecule has 0 saturated carbocycles. The highest BCUT2D eigenvalue weighted by Gasteiger charge is 2.41. The average Bonchev–Trinajstić information content (AvgIpc) is 3.11. The molecule has 3 aromatic rings. The number of hydrogen-bond donors (Lipinski definition) is 0. The third-order valence-electron chi connectivity index (χ3n) is 4.41. The number of aromatic nitrogens is 2. The lowest BCUT2D eigenvalue weighted by atomic mass is 10.2. The summed E-state index contributed by atoms with van der Waals surface area (Å²) in [6.07, 6.45) is -4.51. The quantitative estimate of drug-likeness (QED) is 0.479. The van der Waals surface area contributed by atoms with Crippen molar-refractivity contribution in [3.63, 3.8) is 0 Å². The van der Waals surface area contributed by atoms with Crippen molar-refractivity contribution in [3.8, 4) is 17.1 Å². The summed E-state index contributed by atoms with van der Waals surface area (Å²) < 4.78 is 40.0. The molecule has 0 atom stereocenters. The smallest absolute Gasteiger partial charge is 0.322 e. The van der Waals surface area contributed by atoms with Crippen LogP contribution in [0.2, 0.25) is 15.1 Å². The summed E-state index contributed by atoms with van der Waals surface area (Å²) in [5.41, 5.74) is 1.33. The lowest BCUT2D eigenvalue weighted by molar-refractivity contribution is -0.141. The van der Waals surface area contributed by atoms with Gasteiger partial charge < -0.3 is 4.90 Å². The van der Waals surface area contributed by atoms with Gasteiger partial charge in [0, 0.05) is 21.3 Å². The number of halogens is 6. The van der Waals surface area contributed by atoms with Crippen LogP contribution in [0.5, 0.6) is 0 Å². The van der Waals surface area contributed by atoms with E-state index in [1.165, 1.54) is 10.6 Å². The number of carbonyl (C=O) groups is 1. The maximum atomic E-state index is 12.8. The highest BCUT2D eigenvalue weighted by atomic mass is 35.5. The molecule has 29 heavy (non-hydrogen) atoms. The van der Waals surface area contributed by atoms with E-state index in [0.29, 0.717) is 32.1 Å². The zero-order chi connectivity index (χ0) is 20.9. The first-order valence-electron chi connectivity index (χ1n) is 8.33. The van der Waals surface area contributed by atoms with Gasteiger partial charge in [-0.15, -0.1) is 0 Å². The SMILES string of the molecule is O=C1c2c(nc(-c3ccc(Cl)cc3Cl)n2-c2ccc(Cl)cc2)CN1CC(F)(F)F. The first kappa shape index (κ1) is 20.1. The van der Waals surface area contributed by atoms with E-state index in [9.17, 15) is 18.0 Å². The second-order valence-corrected chi connectivity index (χ2v) is 7.72. The van der Waals surface area contributed by atoms with Gasteiger partial charge >= 0.3 is 6.18 Å². The fraction of sp³-hybridized carbons (Fsp3) is 0.158. The van der Waals surface area contributed by atoms with Crippen LogP contribution in [0.25, 0.3) is 17.1 Å². The largest absolute Gasteiger partial charge is 0.406 e. The minimum atomic E-state index is -4.51. The Morgan fingerprint density at radius 2 is 1.66 bits per heavy atom. The summed E-state index contributed by atoms with van der Waals surface area (Å²) in [7, 11) is 0. The predicted octanol–water partition coefficient (Wildman–Crippen LogP) is 6.02. The lowest BCUT2D eigenvalue weighted by Crippen LogP contribution is -2.35. The molecule has 0 bridgehead atoms. The molecule has 0 N–H and O–H groups in total. The summed E-state index contributed by atoms with van der Waals surface area (Å²) in [6, 6.07) is 11.3. The Morgan fingerprint density at radius 3 is 2.28 bits per heavy atom. The van der Waals surface area contributed by atoms with E-state index >= 15 is 0 Å². The summed E-state index contributed by atoms with van der Waals surface area (Å²) in [4.78, 5) is 18.0. The number of hydrogen-bond acceptors (Lipinski definition) is 2. The summed E-state index contributed by atoms with van der Waals surface area (Å²) in [5.74, 6) is -0.421. The molecule has 0 unspecified atom stereocenters. The standard InChI is InChI=1S/C19H11Cl3F3N3O/c20-10-1-4-12(5-2-10)28-16-15(8-27(18(16)29)9-19(23,24)25)26-17(28)13-6-3-11(21)7-14(13)22/h1-7H,8-9H2. The monoisotopic (exact) mass is 459 g/mol. The van der Waals surface area contributed by atoms with Crippen LogP contribution < -0.4 is 0 Å². The Hall–Kier alpha value is -2.22. The topological polar surface area (TPSA) is 38.1 Å². The van der Waals surface area contributed by atoms with Gasteiger partial charge in [-0.3, -0.25) is 9.36 Å². The molecule has 2 aromatic carbocycles. The minimum Gasteiger partial charge on any atom is -0.322 e. The van der Waals surface area contributed by atoms with Gasteiger partial charge in [-0.2, -0.15) is 13.2 Å². The number of benzene rings is 2. The Labute approximate surface area is 178 Å². The van der Waals surface area contributed by atoms with Crippen LogP contribution >= 0.6 is 34.8 Å². The second kappa shape index (κ2) is 7.23. The zero-order valence-electron chi connectivity index (χ0n) is 14.5. The predicted molar refractivity (Wildman–Crippen MR) is 105 cm³/mol. The molecule has 1 aliphatic rings. The Bertz CT molecular complexity index is 1110. The molecule has 0 aliphatic carbocycles. The van der Waals surface area contributed by atoms with Crippen molar-refractivity contribution in [2.24, 2.45) is 0 Å². The summed E-state index contributed by atoms with van der Waals surface area (Å²) in [5, 5.41) is 1.20. The van der Waals surface area contributed by atoms with Gasteiger partial charge in [-0.05, 0) is 42.5 Å². The third-order valence-corrected chi connectivity index (χ3v) is 5.21. The molecule has 2 heterocycles. The van der Waals surface area contributed by atoms with E-state index in [4.69, 9.17) is 34.8 Å². The maximum Gasteiger partial charge on any atom is 0.406 e. The summed E-state index contributed by atoms with van der Waals surface area (Å²) in [6.45, 7) is -1.59. The molecule has 0 saturated heterocycles.